The Kier molecular flexibility index (Phi) is 4.04. The molecule has 26 heavy (non-hydrogen) atoms. The van der Waals surface area contributed by atoms with Crippen molar-refractivity contribution in [3.63, 3.8) is 0 Å². The zero-order chi connectivity index (χ0) is 18.4. The van der Waals surface area contributed by atoms with E-state index < -0.39 is 17.9 Å². The maximum Gasteiger partial charge on any atom is 0.326 e. The molecule has 2 atom stereocenters. The third-order valence-electron chi connectivity index (χ3n) is 5.66. The van der Waals surface area contributed by atoms with Gasteiger partial charge in [0.15, 0.2) is 0 Å². The Morgan fingerprint density at radius 2 is 1.54 bits per heavy atom. The molecule has 4 rings (SSSR count). The number of fused-ring (bicyclic) bond motifs is 3. The third-order valence-corrected chi connectivity index (χ3v) is 5.66. The molecule has 0 saturated carbocycles. The Labute approximate surface area is 152 Å². The maximum atomic E-state index is 13.5. The van der Waals surface area contributed by atoms with Gasteiger partial charge >= 0.3 is 5.97 Å². The second-order valence-electron chi connectivity index (χ2n) is 7.31. The SMILES string of the molecule is CN(C)[C@@H]1C[C@@H](C(=O)O)N(C(=O)C2c3ccccc3-c3ccccc32)C1. The molecule has 0 spiro atoms. The van der Waals surface area contributed by atoms with Crippen molar-refractivity contribution in [2.24, 2.45) is 0 Å². The average Bonchev–Trinajstić information content (AvgIpc) is 3.22. The minimum absolute atomic E-state index is 0.0620. The standard InChI is InChI=1S/C21H22N2O3/c1-22(2)13-11-18(21(25)26)23(12-13)20(24)19-16-9-5-3-7-14(16)15-8-4-6-10-17(15)19/h3-10,13,18-19H,11-12H2,1-2H3,(H,25,26)/t13-,18+/m1/s1. The molecule has 0 aromatic heterocycles. The summed E-state index contributed by atoms with van der Waals surface area (Å²) in [5, 5.41) is 9.65. The minimum atomic E-state index is -0.928. The summed E-state index contributed by atoms with van der Waals surface area (Å²) in [6.45, 7) is 0.448. The first kappa shape index (κ1) is 16.8. The molecular formula is C21H22N2O3. The minimum Gasteiger partial charge on any atom is -0.480 e. The van der Waals surface area contributed by atoms with Gasteiger partial charge in [0.2, 0.25) is 5.91 Å². The fraction of sp³-hybridized carbons (Fsp3) is 0.333. The second kappa shape index (κ2) is 6.25. The molecule has 2 aliphatic rings. The predicted octanol–water partition coefficient (Wildman–Crippen LogP) is 2.41. The lowest BCUT2D eigenvalue weighted by molar-refractivity contribution is -0.148. The maximum absolute atomic E-state index is 13.5. The number of aliphatic carboxylic acids is 1. The van der Waals surface area contributed by atoms with Gasteiger partial charge in [-0.3, -0.25) is 4.79 Å². The van der Waals surface area contributed by atoms with Crippen molar-refractivity contribution in [1.82, 2.24) is 9.80 Å². The van der Waals surface area contributed by atoms with Crippen LogP contribution in [0.3, 0.4) is 0 Å². The summed E-state index contributed by atoms with van der Waals surface area (Å²) in [6.07, 6.45) is 0.462. The van der Waals surface area contributed by atoms with Crippen LogP contribution in [0.15, 0.2) is 48.5 Å². The monoisotopic (exact) mass is 350 g/mol. The number of hydrogen-bond acceptors (Lipinski definition) is 3. The van der Waals surface area contributed by atoms with Gasteiger partial charge in [-0.2, -0.15) is 0 Å². The highest BCUT2D eigenvalue weighted by Crippen LogP contribution is 2.46. The lowest BCUT2D eigenvalue weighted by Gasteiger charge is -2.26. The lowest BCUT2D eigenvalue weighted by atomic mass is 9.95. The molecule has 0 unspecified atom stereocenters. The number of hydrogen-bond donors (Lipinski definition) is 1. The summed E-state index contributed by atoms with van der Waals surface area (Å²) in [7, 11) is 3.86. The van der Waals surface area contributed by atoms with Crippen LogP contribution in [-0.2, 0) is 9.59 Å². The van der Waals surface area contributed by atoms with E-state index in [1.165, 1.54) is 0 Å². The van der Waals surface area contributed by atoms with Crippen molar-refractivity contribution in [1.29, 1.82) is 0 Å². The quantitative estimate of drug-likeness (QED) is 0.923. The summed E-state index contributed by atoms with van der Waals surface area (Å²) in [4.78, 5) is 28.8. The van der Waals surface area contributed by atoms with E-state index in [0.29, 0.717) is 13.0 Å². The van der Waals surface area contributed by atoms with Gasteiger partial charge in [0.05, 0.1) is 5.92 Å². The molecule has 1 N–H and O–H groups in total. The van der Waals surface area contributed by atoms with Gasteiger partial charge in [-0.25, -0.2) is 4.79 Å². The van der Waals surface area contributed by atoms with Crippen molar-refractivity contribution in [3.05, 3.63) is 59.7 Å². The van der Waals surface area contributed by atoms with E-state index >= 15 is 0 Å². The molecule has 1 saturated heterocycles. The van der Waals surface area contributed by atoms with Crippen LogP contribution >= 0.6 is 0 Å². The number of carbonyl (C=O) groups is 2. The van der Waals surface area contributed by atoms with E-state index in [-0.39, 0.29) is 11.9 Å². The highest BCUT2D eigenvalue weighted by atomic mass is 16.4. The molecule has 134 valence electrons. The predicted molar refractivity (Wildman–Crippen MR) is 98.9 cm³/mol. The van der Waals surface area contributed by atoms with Gasteiger partial charge < -0.3 is 14.9 Å². The molecule has 1 aliphatic carbocycles. The van der Waals surface area contributed by atoms with Crippen molar-refractivity contribution >= 4 is 11.9 Å². The summed E-state index contributed by atoms with van der Waals surface area (Å²) < 4.78 is 0. The normalized spacial score (nSPS) is 21.7. The molecule has 2 aromatic rings. The molecule has 0 radical (unpaired) electrons. The van der Waals surface area contributed by atoms with Gasteiger partial charge in [-0.15, -0.1) is 0 Å². The van der Waals surface area contributed by atoms with E-state index in [0.717, 1.165) is 22.3 Å². The largest absolute Gasteiger partial charge is 0.480 e. The van der Waals surface area contributed by atoms with Crippen LogP contribution in [0.1, 0.15) is 23.5 Å². The zero-order valence-corrected chi connectivity index (χ0v) is 14.9. The molecule has 1 heterocycles. The Balaban J connectivity index is 1.75. The number of amides is 1. The highest BCUT2D eigenvalue weighted by Gasteiger charge is 2.45. The first-order valence-corrected chi connectivity index (χ1v) is 8.87. The van der Waals surface area contributed by atoms with E-state index in [1.54, 1.807) is 4.90 Å². The first-order chi connectivity index (χ1) is 12.5. The van der Waals surface area contributed by atoms with Crippen molar-refractivity contribution in [2.75, 3.05) is 20.6 Å². The Bertz CT molecular complexity index is 832. The molecule has 0 bridgehead atoms. The number of nitrogens with zero attached hydrogens (tertiary/aromatic N) is 2. The third kappa shape index (κ3) is 2.51. The summed E-state index contributed by atoms with van der Waals surface area (Å²) >= 11 is 0. The summed E-state index contributed by atoms with van der Waals surface area (Å²) in [6, 6.07) is 15.1. The summed E-state index contributed by atoms with van der Waals surface area (Å²) in [5.74, 6) is -1.47. The van der Waals surface area contributed by atoms with Crippen molar-refractivity contribution in [2.45, 2.75) is 24.4 Å². The number of likely N-dealkylation sites (tertiary alicyclic amines) is 1. The second-order valence-corrected chi connectivity index (χ2v) is 7.31. The zero-order valence-electron chi connectivity index (χ0n) is 14.9. The van der Waals surface area contributed by atoms with Crippen LogP contribution in [0, 0.1) is 0 Å². The van der Waals surface area contributed by atoms with Crippen LogP contribution < -0.4 is 0 Å². The van der Waals surface area contributed by atoms with Crippen LogP contribution in [0.4, 0.5) is 0 Å². The first-order valence-electron chi connectivity index (χ1n) is 8.87. The molecule has 1 amide bonds. The number of benzene rings is 2. The highest BCUT2D eigenvalue weighted by molar-refractivity contribution is 5.98. The molecule has 1 fully saturated rings. The number of carboxylic acids is 1. The van der Waals surface area contributed by atoms with E-state index in [4.69, 9.17) is 0 Å². The fourth-order valence-corrected chi connectivity index (χ4v) is 4.25. The van der Waals surface area contributed by atoms with Crippen LogP contribution in [-0.4, -0.2) is 59.5 Å². The smallest absolute Gasteiger partial charge is 0.326 e. The molecule has 5 heteroatoms. The Hall–Kier alpha value is -2.66. The number of carboxylic acid groups (broad SMARTS) is 1. The van der Waals surface area contributed by atoms with Crippen molar-refractivity contribution in [3.8, 4) is 11.1 Å². The lowest BCUT2D eigenvalue weighted by Crippen LogP contribution is -2.43. The molecule has 2 aromatic carbocycles. The van der Waals surface area contributed by atoms with E-state index in [1.807, 2.05) is 67.5 Å². The van der Waals surface area contributed by atoms with Gasteiger partial charge in [0.1, 0.15) is 6.04 Å². The van der Waals surface area contributed by atoms with Gasteiger partial charge in [0.25, 0.3) is 0 Å². The Morgan fingerprint density at radius 3 is 2.04 bits per heavy atom. The van der Waals surface area contributed by atoms with Gasteiger partial charge in [-0.1, -0.05) is 48.5 Å². The Morgan fingerprint density at radius 1 is 1.00 bits per heavy atom. The molecule has 1 aliphatic heterocycles. The number of likely N-dealkylation sites (N-methyl/N-ethyl adjacent to an activating group) is 1. The summed E-state index contributed by atoms with van der Waals surface area (Å²) in [5.41, 5.74) is 4.07. The fourth-order valence-electron chi connectivity index (χ4n) is 4.25. The van der Waals surface area contributed by atoms with Crippen LogP contribution in [0.5, 0.6) is 0 Å². The van der Waals surface area contributed by atoms with Crippen LogP contribution in [0.2, 0.25) is 0 Å². The van der Waals surface area contributed by atoms with Gasteiger partial charge in [0, 0.05) is 12.6 Å². The average molecular weight is 350 g/mol. The number of carbonyl (C=O) groups excluding carboxylic acids is 1. The van der Waals surface area contributed by atoms with Gasteiger partial charge in [-0.05, 0) is 42.8 Å². The van der Waals surface area contributed by atoms with Crippen molar-refractivity contribution < 1.29 is 14.7 Å². The molecule has 5 nitrogen and oxygen atoms in total. The number of rotatable bonds is 3. The topological polar surface area (TPSA) is 60.9 Å². The van der Waals surface area contributed by atoms with E-state index in [9.17, 15) is 14.7 Å². The van der Waals surface area contributed by atoms with Crippen LogP contribution in [0.25, 0.3) is 11.1 Å². The van der Waals surface area contributed by atoms with E-state index in [2.05, 4.69) is 0 Å². The molecular weight excluding hydrogens is 328 g/mol.